The predicted molar refractivity (Wildman–Crippen MR) is 45.1 cm³/mol. The van der Waals surface area contributed by atoms with Gasteiger partial charge in [-0.15, -0.1) is 0 Å². The molecule has 2 rings (SSSR count). The maximum Gasteiger partial charge on any atom is 0.310 e. The molecule has 2 heterocycles. The van der Waals surface area contributed by atoms with E-state index in [0.29, 0.717) is 12.8 Å². The molecule has 2 saturated heterocycles. The van der Waals surface area contributed by atoms with Crippen LogP contribution in [0.5, 0.6) is 0 Å². The van der Waals surface area contributed by atoms with Crippen LogP contribution in [0.25, 0.3) is 0 Å². The summed E-state index contributed by atoms with van der Waals surface area (Å²) >= 11 is 0. The average molecular weight is 183 g/mol. The maximum atomic E-state index is 11.3. The lowest BCUT2D eigenvalue weighted by Crippen LogP contribution is -2.42. The van der Waals surface area contributed by atoms with Crippen LogP contribution in [0.2, 0.25) is 0 Å². The third-order valence-corrected chi connectivity index (χ3v) is 2.98. The molecule has 0 saturated carbocycles. The van der Waals surface area contributed by atoms with Crippen LogP contribution in [0.4, 0.5) is 0 Å². The second kappa shape index (κ2) is 3.10. The highest BCUT2D eigenvalue weighted by atomic mass is 16.5. The highest BCUT2D eigenvalue weighted by Gasteiger charge is 2.44. The molecule has 2 fully saturated rings. The first kappa shape index (κ1) is 8.69. The third kappa shape index (κ3) is 1.35. The molecule has 4 nitrogen and oxygen atoms in total. The van der Waals surface area contributed by atoms with Crippen LogP contribution in [0, 0.1) is 5.92 Å². The van der Waals surface area contributed by atoms with Crippen molar-refractivity contribution in [1.29, 1.82) is 0 Å². The molecular weight excluding hydrogens is 170 g/mol. The van der Waals surface area contributed by atoms with Crippen LogP contribution in [0.1, 0.15) is 19.3 Å². The van der Waals surface area contributed by atoms with E-state index in [2.05, 4.69) is 10.1 Å². The van der Waals surface area contributed by atoms with Crippen LogP contribution >= 0.6 is 0 Å². The number of esters is 1. The van der Waals surface area contributed by atoms with E-state index in [1.54, 1.807) is 0 Å². The molecule has 0 unspecified atom stereocenters. The Labute approximate surface area is 76.6 Å². The smallest absolute Gasteiger partial charge is 0.310 e. The number of carbonyl (C=O) groups is 2. The van der Waals surface area contributed by atoms with Crippen molar-refractivity contribution in [1.82, 2.24) is 5.32 Å². The molecule has 3 atom stereocenters. The number of Topliss-reactive ketones (excluding diaryl/α,β-unsaturated/α-hetero) is 1. The number of fused-ring (bicyclic) bond motifs is 2. The molecule has 0 aromatic rings. The number of ether oxygens (including phenoxy) is 1. The minimum atomic E-state index is -0.185. The van der Waals surface area contributed by atoms with E-state index in [4.69, 9.17) is 0 Å². The lowest BCUT2D eigenvalue weighted by molar-refractivity contribution is -0.145. The van der Waals surface area contributed by atoms with Gasteiger partial charge in [0.05, 0.1) is 19.1 Å². The second-order valence-electron chi connectivity index (χ2n) is 3.70. The topological polar surface area (TPSA) is 55.4 Å². The van der Waals surface area contributed by atoms with E-state index in [1.165, 1.54) is 7.11 Å². The number of hydrogen-bond acceptors (Lipinski definition) is 4. The number of nitrogens with one attached hydrogen (secondary N) is 1. The van der Waals surface area contributed by atoms with E-state index < -0.39 is 0 Å². The highest BCUT2D eigenvalue weighted by molar-refractivity contribution is 5.87. The van der Waals surface area contributed by atoms with Crippen molar-refractivity contribution in [2.75, 3.05) is 7.11 Å². The Morgan fingerprint density at radius 3 is 3.00 bits per heavy atom. The first-order valence-corrected chi connectivity index (χ1v) is 4.59. The molecule has 72 valence electrons. The fourth-order valence-corrected chi connectivity index (χ4v) is 2.25. The molecule has 1 N–H and O–H groups in total. The molecule has 13 heavy (non-hydrogen) atoms. The number of rotatable bonds is 1. The Balaban J connectivity index is 2.10. The van der Waals surface area contributed by atoms with E-state index in [9.17, 15) is 9.59 Å². The monoisotopic (exact) mass is 183 g/mol. The Hall–Kier alpha value is -0.900. The van der Waals surface area contributed by atoms with Crippen LogP contribution in [0.15, 0.2) is 0 Å². The number of piperidine rings is 1. The zero-order valence-electron chi connectivity index (χ0n) is 7.58. The fourth-order valence-electron chi connectivity index (χ4n) is 2.25. The molecule has 0 radical (unpaired) electrons. The third-order valence-electron chi connectivity index (χ3n) is 2.98. The van der Waals surface area contributed by atoms with Crippen molar-refractivity contribution in [3.8, 4) is 0 Å². The number of carbonyl (C=O) groups excluding carboxylic acids is 2. The summed E-state index contributed by atoms with van der Waals surface area (Å²) in [6.45, 7) is 0. The van der Waals surface area contributed by atoms with Gasteiger partial charge in [0.15, 0.2) is 0 Å². The molecule has 4 heteroatoms. The molecule has 0 aromatic carbocycles. The van der Waals surface area contributed by atoms with Crippen molar-refractivity contribution in [2.24, 2.45) is 5.92 Å². The molecule has 0 aromatic heterocycles. The van der Waals surface area contributed by atoms with Crippen LogP contribution < -0.4 is 5.32 Å². The average Bonchev–Trinajstić information content (AvgIpc) is 2.50. The van der Waals surface area contributed by atoms with Gasteiger partial charge < -0.3 is 10.1 Å². The summed E-state index contributed by atoms with van der Waals surface area (Å²) in [6.07, 6.45) is 2.00. The van der Waals surface area contributed by atoms with E-state index in [0.717, 1.165) is 6.42 Å². The minimum absolute atomic E-state index is 0.0946. The molecular formula is C9H13NO3. The van der Waals surface area contributed by atoms with Gasteiger partial charge in [-0.2, -0.15) is 0 Å². The van der Waals surface area contributed by atoms with Crippen molar-refractivity contribution >= 4 is 11.8 Å². The van der Waals surface area contributed by atoms with Crippen molar-refractivity contribution in [2.45, 2.75) is 31.3 Å². The standard InChI is InChI=1S/C9H13NO3/c1-13-9(12)5-4-7-8(11)3-2-6(5)10-7/h5-7,10H,2-4H2,1H3/t5-,6+,7+/m0/s1. The molecule has 0 amide bonds. The number of ketones is 1. The number of methoxy groups -OCH3 is 1. The molecule has 2 aliphatic rings. The first-order chi connectivity index (χ1) is 6.22. The van der Waals surface area contributed by atoms with Crippen LogP contribution in [-0.2, 0) is 14.3 Å². The quantitative estimate of drug-likeness (QED) is 0.575. The molecule has 2 aliphatic heterocycles. The Morgan fingerprint density at radius 2 is 2.38 bits per heavy atom. The summed E-state index contributed by atoms with van der Waals surface area (Å²) in [6, 6.07) is 0.0676. The SMILES string of the molecule is COC(=O)[C@H]1C[C@H]2N[C@@H]1CCC2=O. The summed E-state index contributed by atoms with van der Waals surface area (Å²) < 4.78 is 4.69. The van der Waals surface area contributed by atoms with Crippen molar-refractivity contribution < 1.29 is 14.3 Å². The largest absolute Gasteiger partial charge is 0.469 e. The van der Waals surface area contributed by atoms with Crippen LogP contribution in [0.3, 0.4) is 0 Å². The normalized spacial score (nSPS) is 37.6. The Morgan fingerprint density at radius 1 is 1.62 bits per heavy atom. The van der Waals surface area contributed by atoms with Gasteiger partial charge in [-0.25, -0.2) is 0 Å². The first-order valence-electron chi connectivity index (χ1n) is 4.59. The maximum absolute atomic E-state index is 11.3. The summed E-state index contributed by atoms with van der Waals surface area (Å²) in [5, 5.41) is 3.16. The van der Waals surface area contributed by atoms with Gasteiger partial charge >= 0.3 is 5.97 Å². The van der Waals surface area contributed by atoms with Crippen LogP contribution in [-0.4, -0.2) is 30.9 Å². The van der Waals surface area contributed by atoms with E-state index in [1.807, 2.05) is 0 Å². The van der Waals surface area contributed by atoms with Crippen molar-refractivity contribution in [3.63, 3.8) is 0 Å². The summed E-state index contributed by atoms with van der Waals surface area (Å²) in [5.41, 5.74) is 0. The molecule has 0 aliphatic carbocycles. The van der Waals surface area contributed by atoms with E-state index in [-0.39, 0.29) is 29.8 Å². The van der Waals surface area contributed by atoms with Gasteiger partial charge in [0.1, 0.15) is 5.78 Å². The fraction of sp³-hybridized carbons (Fsp3) is 0.778. The molecule has 0 spiro atoms. The minimum Gasteiger partial charge on any atom is -0.469 e. The summed E-state index contributed by atoms with van der Waals surface area (Å²) in [5.74, 6) is -0.0567. The van der Waals surface area contributed by atoms with Gasteiger partial charge in [0.25, 0.3) is 0 Å². The Kier molecular flexibility index (Phi) is 2.07. The lowest BCUT2D eigenvalue weighted by atomic mass is 9.99. The number of hydrogen-bond donors (Lipinski definition) is 1. The van der Waals surface area contributed by atoms with Gasteiger partial charge in [0, 0.05) is 12.5 Å². The van der Waals surface area contributed by atoms with Gasteiger partial charge in [-0.1, -0.05) is 0 Å². The van der Waals surface area contributed by atoms with Gasteiger partial charge in [-0.05, 0) is 12.8 Å². The highest BCUT2D eigenvalue weighted by Crippen LogP contribution is 2.30. The van der Waals surface area contributed by atoms with Crippen molar-refractivity contribution in [3.05, 3.63) is 0 Å². The summed E-state index contributed by atoms with van der Waals surface area (Å²) in [7, 11) is 1.40. The van der Waals surface area contributed by atoms with Gasteiger partial charge in [-0.3, -0.25) is 9.59 Å². The summed E-state index contributed by atoms with van der Waals surface area (Å²) in [4.78, 5) is 22.6. The zero-order chi connectivity index (χ0) is 9.42. The van der Waals surface area contributed by atoms with E-state index >= 15 is 0 Å². The van der Waals surface area contributed by atoms with Gasteiger partial charge in [0.2, 0.25) is 0 Å². The second-order valence-corrected chi connectivity index (χ2v) is 3.70. The zero-order valence-corrected chi connectivity index (χ0v) is 7.58. The lowest BCUT2D eigenvalue weighted by Gasteiger charge is -2.20. The molecule has 2 bridgehead atoms. The predicted octanol–water partition coefficient (Wildman–Crippen LogP) is -0.131. The Bertz CT molecular complexity index is 251.